The Morgan fingerprint density at radius 1 is 1.31 bits per heavy atom. The van der Waals surface area contributed by atoms with Gasteiger partial charge in [0.05, 0.1) is 17.5 Å². The molecule has 32 heavy (non-hydrogen) atoms. The van der Waals surface area contributed by atoms with Crippen molar-refractivity contribution in [1.29, 1.82) is 0 Å². The minimum atomic E-state index is -1.47. The van der Waals surface area contributed by atoms with Crippen molar-refractivity contribution in [1.82, 2.24) is 16.0 Å². The molecule has 5 N–H and O–H groups in total. The van der Waals surface area contributed by atoms with Crippen LogP contribution in [0.15, 0.2) is 0 Å². The molecule has 0 aromatic rings. The molecule has 4 aliphatic rings. The number of alkyl halides is 1. The number of nitrogens with one attached hydrogen (secondary N) is 3. The van der Waals surface area contributed by atoms with Gasteiger partial charge >= 0.3 is 0 Å². The maximum Gasteiger partial charge on any atom is 0.237 e. The van der Waals surface area contributed by atoms with E-state index >= 15 is 0 Å². The van der Waals surface area contributed by atoms with Crippen molar-refractivity contribution in [3.05, 3.63) is 0 Å². The molecule has 0 aromatic heterocycles. The Bertz CT molecular complexity index is 657. The first-order chi connectivity index (χ1) is 15.3. The molecule has 3 aliphatic heterocycles. The first-order valence-corrected chi connectivity index (χ1v) is 13.7. The van der Waals surface area contributed by atoms with Gasteiger partial charge in [0.15, 0.2) is 5.44 Å². The molecule has 3 unspecified atom stereocenters. The number of carbonyl (C=O) groups is 1. The van der Waals surface area contributed by atoms with Gasteiger partial charge in [0.25, 0.3) is 0 Å². The summed E-state index contributed by atoms with van der Waals surface area (Å²) < 4.78 is 11.3. The predicted octanol–water partition coefficient (Wildman–Crippen LogP) is 0.925. The van der Waals surface area contributed by atoms with Gasteiger partial charge in [0.2, 0.25) is 11.7 Å². The Balaban J connectivity index is 1.28. The largest absolute Gasteiger partial charge is 0.387 e. The number of hydrogen-bond donors (Lipinski definition) is 5. The number of thioether (sulfide) groups is 1. The van der Waals surface area contributed by atoms with E-state index in [-0.39, 0.29) is 11.9 Å². The molecule has 0 aromatic carbocycles. The third-order valence-corrected chi connectivity index (χ3v) is 8.37. The van der Waals surface area contributed by atoms with Gasteiger partial charge in [-0.1, -0.05) is 0 Å². The highest BCUT2D eigenvalue weighted by atomic mass is 35.5. The first-order valence-electron chi connectivity index (χ1n) is 12.0. The summed E-state index contributed by atoms with van der Waals surface area (Å²) >= 11 is 7.73. The molecule has 0 spiro atoms. The molecule has 1 amide bonds. The van der Waals surface area contributed by atoms with E-state index in [1.165, 1.54) is 37.4 Å². The molecular formula is C22H38ClN3O5S. The summed E-state index contributed by atoms with van der Waals surface area (Å²) in [5.74, 6) is -0.946. The van der Waals surface area contributed by atoms with Gasteiger partial charge in [-0.2, -0.15) is 0 Å². The van der Waals surface area contributed by atoms with Crippen molar-refractivity contribution < 1.29 is 24.5 Å². The molecule has 10 heteroatoms. The number of halogens is 1. The van der Waals surface area contributed by atoms with Crippen LogP contribution in [0.1, 0.15) is 51.9 Å². The summed E-state index contributed by atoms with van der Waals surface area (Å²) in [6.45, 7) is 3.69. The van der Waals surface area contributed by atoms with Crippen LogP contribution in [0.2, 0.25) is 0 Å². The lowest BCUT2D eigenvalue weighted by atomic mass is 9.93. The summed E-state index contributed by atoms with van der Waals surface area (Å²) in [4.78, 5) is 13.1. The minimum Gasteiger partial charge on any atom is -0.387 e. The van der Waals surface area contributed by atoms with Crippen LogP contribution in [0.25, 0.3) is 0 Å². The van der Waals surface area contributed by atoms with E-state index in [1.807, 2.05) is 6.26 Å². The zero-order chi connectivity index (χ0) is 22.9. The molecule has 8 nitrogen and oxygen atoms in total. The topological polar surface area (TPSA) is 115 Å². The molecule has 1 aliphatic carbocycles. The zero-order valence-corrected chi connectivity index (χ0v) is 20.5. The molecule has 3 saturated heterocycles. The van der Waals surface area contributed by atoms with Gasteiger partial charge in [0.1, 0.15) is 18.3 Å². The van der Waals surface area contributed by atoms with Crippen LogP contribution in [-0.4, -0.2) is 88.5 Å². The molecule has 4 fully saturated rings. The maximum atomic E-state index is 13.1. The Morgan fingerprint density at radius 3 is 2.78 bits per heavy atom. The molecular weight excluding hydrogens is 454 g/mol. The predicted molar refractivity (Wildman–Crippen MR) is 125 cm³/mol. The molecule has 4 rings (SSSR count). The second-order valence-corrected chi connectivity index (χ2v) is 11.4. The van der Waals surface area contributed by atoms with E-state index in [9.17, 15) is 15.0 Å². The van der Waals surface area contributed by atoms with E-state index in [4.69, 9.17) is 21.1 Å². The van der Waals surface area contributed by atoms with Crippen molar-refractivity contribution in [2.24, 2.45) is 5.92 Å². The Kier molecular flexibility index (Phi) is 8.31. The molecule has 3 heterocycles. The van der Waals surface area contributed by atoms with Crippen molar-refractivity contribution in [2.75, 3.05) is 19.3 Å². The number of aliphatic hydroxyl groups excluding tert-OH is 1. The first kappa shape index (κ1) is 25.0. The van der Waals surface area contributed by atoms with Crippen LogP contribution in [0.3, 0.4) is 0 Å². The average Bonchev–Trinajstić information content (AvgIpc) is 3.66. The summed E-state index contributed by atoms with van der Waals surface area (Å²) in [5.41, 5.74) is -0.637. The second-order valence-electron chi connectivity index (χ2n) is 9.77. The SMILES string of the molecule is CSC1O[C@H]([C@H](NC(=O)[C@@H]2CC[C@H](CCCNC3CC3)CCN2)[C@H](C)Cl)C(O)C2O[C@]12O. The second kappa shape index (κ2) is 10.6. The standard InChI is InChI=1S/C22H38ClN3O5S/c1-12(23)16(18-17(27)19-22(29,31-19)21(30-18)32-2)26-20(28)15-8-5-13(9-11-25-15)4-3-10-24-14-6-7-14/h12-19,21,24-25,27,29H,3-11H2,1-2H3,(H,26,28)/t12-,13-,15-,16+,17?,18+,19?,21?,22-/m0/s1. The van der Waals surface area contributed by atoms with E-state index in [0.717, 1.165) is 38.4 Å². The molecule has 1 saturated carbocycles. The van der Waals surface area contributed by atoms with E-state index in [1.54, 1.807) is 6.92 Å². The van der Waals surface area contributed by atoms with Crippen molar-refractivity contribution in [3.63, 3.8) is 0 Å². The van der Waals surface area contributed by atoms with Crippen molar-refractivity contribution in [3.8, 4) is 0 Å². The lowest BCUT2D eigenvalue weighted by Gasteiger charge is -2.39. The highest BCUT2D eigenvalue weighted by Crippen LogP contribution is 2.49. The normalized spacial score (nSPS) is 41.3. The summed E-state index contributed by atoms with van der Waals surface area (Å²) in [6.07, 6.45) is 7.18. The smallest absolute Gasteiger partial charge is 0.237 e. The Hall–Kier alpha value is -0.130. The number of aliphatic hydroxyl groups is 2. The molecule has 184 valence electrons. The number of epoxide rings is 1. The Morgan fingerprint density at radius 2 is 2.09 bits per heavy atom. The van der Waals surface area contributed by atoms with Gasteiger partial charge in [-0.05, 0) is 77.1 Å². The lowest BCUT2D eigenvalue weighted by molar-refractivity contribution is -0.150. The van der Waals surface area contributed by atoms with Crippen molar-refractivity contribution >= 4 is 29.3 Å². The summed E-state index contributed by atoms with van der Waals surface area (Å²) in [7, 11) is 0. The van der Waals surface area contributed by atoms with Crippen LogP contribution < -0.4 is 16.0 Å². The van der Waals surface area contributed by atoms with Gasteiger partial charge in [0, 0.05) is 6.04 Å². The number of ether oxygens (including phenoxy) is 2. The van der Waals surface area contributed by atoms with Gasteiger partial charge in [-0.25, -0.2) is 0 Å². The van der Waals surface area contributed by atoms with E-state index < -0.39 is 41.0 Å². The third kappa shape index (κ3) is 5.74. The Labute approximate surface area is 199 Å². The zero-order valence-electron chi connectivity index (χ0n) is 19.0. The highest BCUT2D eigenvalue weighted by molar-refractivity contribution is 7.99. The number of carbonyl (C=O) groups excluding carboxylic acids is 1. The summed E-state index contributed by atoms with van der Waals surface area (Å²) in [5, 5.41) is 30.6. The van der Waals surface area contributed by atoms with Crippen molar-refractivity contribution in [2.45, 2.75) is 105 Å². The molecule has 9 atom stereocenters. The third-order valence-electron chi connectivity index (χ3n) is 7.23. The number of fused-ring (bicyclic) bond motifs is 1. The lowest BCUT2D eigenvalue weighted by Crippen LogP contribution is -2.62. The fraction of sp³-hybridized carbons (Fsp3) is 0.955. The molecule has 0 bridgehead atoms. The average molecular weight is 492 g/mol. The number of rotatable bonds is 10. The fourth-order valence-corrected chi connectivity index (χ4v) is 5.99. The van der Waals surface area contributed by atoms with Gasteiger partial charge < -0.3 is 35.6 Å². The fourth-order valence-electron chi connectivity index (χ4n) is 5.02. The number of hydrogen-bond acceptors (Lipinski definition) is 8. The van der Waals surface area contributed by atoms with Crippen LogP contribution >= 0.6 is 23.4 Å². The van der Waals surface area contributed by atoms with Crippen LogP contribution in [-0.2, 0) is 14.3 Å². The van der Waals surface area contributed by atoms with Gasteiger partial charge in [-0.15, -0.1) is 23.4 Å². The molecule has 0 radical (unpaired) electrons. The quantitative estimate of drug-likeness (QED) is 0.174. The minimum absolute atomic E-state index is 0.118. The summed E-state index contributed by atoms with van der Waals surface area (Å²) in [6, 6.07) is -0.125. The van der Waals surface area contributed by atoms with Gasteiger partial charge in [-0.3, -0.25) is 4.79 Å². The highest BCUT2D eigenvalue weighted by Gasteiger charge is 2.70. The van der Waals surface area contributed by atoms with E-state index in [2.05, 4.69) is 16.0 Å². The van der Waals surface area contributed by atoms with Crippen LogP contribution in [0.5, 0.6) is 0 Å². The van der Waals surface area contributed by atoms with Crippen LogP contribution in [0.4, 0.5) is 0 Å². The number of amides is 1. The van der Waals surface area contributed by atoms with Crippen LogP contribution in [0, 0.1) is 5.92 Å². The maximum absolute atomic E-state index is 13.1. The van der Waals surface area contributed by atoms with E-state index in [0.29, 0.717) is 5.92 Å². The monoisotopic (exact) mass is 491 g/mol.